The summed E-state index contributed by atoms with van der Waals surface area (Å²) < 4.78 is 22.5. The van der Waals surface area contributed by atoms with E-state index in [1.807, 2.05) is 0 Å². The second-order valence-corrected chi connectivity index (χ2v) is 13.1. The van der Waals surface area contributed by atoms with Crippen LogP contribution in [0.2, 0.25) is 0 Å². The second-order valence-electron chi connectivity index (χ2n) is 13.1. The number of aromatic hydroxyl groups is 1. The number of para-hydroxylation sites is 1. The van der Waals surface area contributed by atoms with Crippen molar-refractivity contribution < 1.29 is 57.9 Å². The summed E-state index contributed by atoms with van der Waals surface area (Å²) >= 11 is 0. The van der Waals surface area contributed by atoms with Crippen molar-refractivity contribution in [1.82, 2.24) is 5.32 Å². The van der Waals surface area contributed by atoms with Crippen LogP contribution in [-0.2, 0) is 49.3 Å². The largest absolute Gasteiger partial charge is 0.505 e. The van der Waals surface area contributed by atoms with Crippen molar-refractivity contribution >= 4 is 41.9 Å². The number of aliphatic hydroxyl groups excluding tert-OH is 1. The molecule has 0 aliphatic carbocycles. The molecule has 14 nitrogen and oxygen atoms in total. The predicted octanol–water partition coefficient (Wildman–Crippen LogP) is 2.68. The number of phenolic OH excluding ortho intramolecular Hbond substituents is 1. The molecule has 1 heterocycles. The van der Waals surface area contributed by atoms with E-state index in [1.54, 1.807) is 58.0 Å². The van der Waals surface area contributed by atoms with Gasteiger partial charge in [0.1, 0.15) is 18.3 Å². The molecule has 2 amide bonds. The maximum absolute atomic E-state index is 13.8. The van der Waals surface area contributed by atoms with Crippen molar-refractivity contribution in [3.63, 3.8) is 0 Å². The molecule has 0 aromatic heterocycles. The molecule has 4 N–H and O–H groups in total. The van der Waals surface area contributed by atoms with Gasteiger partial charge >= 0.3 is 23.9 Å². The molecular formula is C35H44N2O12. The molecule has 2 aromatic carbocycles. The first-order valence-corrected chi connectivity index (χ1v) is 15.9. The number of rotatable bonds is 8. The van der Waals surface area contributed by atoms with Crippen LogP contribution in [0.25, 0.3) is 0 Å². The Morgan fingerprint density at radius 1 is 0.857 bits per heavy atom. The standard InChI is InChI=1S/C35H44N2O12/c1-18(2)27-33(44)47-24(16-21-12-9-8-10-13-21)29(40)35(6,7)34(45)49-28(19(3)4)32(43)46-20(5)25(31(42)48-27)37-30(41)22-14-11-15-23(26(22)39)36-17-38/h8-15,17-20,24-25,27-29,39-40H,16H2,1-7H3,(H,36,38)(H,37,41). The van der Waals surface area contributed by atoms with Crippen molar-refractivity contribution in [1.29, 1.82) is 0 Å². The normalized spacial score (nSPS) is 25.2. The van der Waals surface area contributed by atoms with Crippen LogP contribution in [0.15, 0.2) is 48.5 Å². The summed E-state index contributed by atoms with van der Waals surface area (Å²) in [5.41, 5.74) is -1.49. The number of carbonyl (C=O) groups excluding carboxylic acids is 6. The lowest BCUT2D eigenvalue weighted by Crippen LogP contribution is -2.52. The number of cyclic esters (lactones) is 4. The van der Waals surface area contributed by atoms with E-state index in [-0.39, 0.29) is 17.7 Å². The lowest BCUT2D eigenvalue weighted by atomic mass is 9.81. The Morgan fingerprint density at radius 3 is 2.04 bits per heavy atom. The van der Waals surface area contributed by atoms with Crippen LogP contribution in [-0.4, -0.2) is 83.0 Å². The minimum Gasteiger partial charge on any atom is -0.505 e. The third-order valence-corrected chi connectivity index (χ3v) is 8.12. The molecule has 3 rings (SSSR count). The maximum Gasteiger partial charge on any atom is 0.348 e. The van der Waals surface area contributed by atoms with Crippen LogP contribution < -0.4 is 10.6 Å². The minimum atomic E-state index is -1.76. The fourth-order valence-corrected chi connectivity index (χ4v) is 5.06. The molecule has 0 spiro atoms. The summed E-state index contributed by atoms with van der Waals surface area (Å²) in [6.45, 7) is 10.4. The number of hydrogen-bond acceptors (Lipinski definition) is 12. The van der Waals surface area contributed by atoms with Crippen LogP contribution in [0.3, 0.4) is 0 Å². The zero-order valence-electron chi connectivity index (χ0n) is 28.5. The van der Waals surface area contributed by atoms with Crippen molar-refractivity contribution in [3.05, 3.63) is 59.7 Å². The van der Waals surface area contributed by atoms with Crippen LogP contribution >= 0.6 is 0 Å². The zero-order chi connectivity index (χ0) is 36.6. The van der Waals surface area contributed by atoms with E-state index >= 15 is 0 Å². The molecule has 0 saturated carbocycles. The van der Waals surface area contributed by atoms with Gasteiger partial charge in [-0.05, 0) is 38.5 Å². The number of phenols is 1. The summed E-state index contributed by atoms with van der Waals surface area (Å²) in [6.07, 6.45) is -7.27. The summed E-state index contributed by atoms with van der Waals surface area (Å²) in [5, 5.41) is 26.8. The third kappa shape index (κ3) is 9.34. The first-order chi connectivity index (χ1) is 23.0. The molecule has 1 saturated heterocycles. The third-order valence-electron chi connectivity index (χ3n) is 8.12. The van der Waals surface area contributed by atoms with E-state index in [9.17, 15) is 39.0 Å². The molecule has 1 aliphatic heterocycles. The number of carbonyl (C=O) groups is 6. The van der Waals surface area contributed by atoms with Gasteiger partial charge in [0.15, 0.2) is 11.8 Å². The van der Waals surface area contributed by atoms with Gasteiger partial charge in [0.25, 0.3) is 5.91 Å². The second kappa shape index (κ2) is 16.4. The van der Waals surface area contributed by atoms with Gasteiger partial charge in [0.05, 0.1) is 16.7 Å². The van der Waals surface area contributed by atoms with Gasteiger partial charge in [0, 0.05) is 18.3 Å². The highest BCUT2D eigenvalue weighted by molar-refractivity contribution is 6.01. The van der Waals surface area contributed by atoms with Crippen LogP contribution in [0.5, 0.6) is 5.75 Å². The van der Waals surface area contributed by atoms with Crippen LogP contribution in [0, 0.1) is 17.3 Å². The molecular weight excluding hydrogens is 640 g/mol. The molecule has 14 heteroatoms. The Kier molecular flexibility index (Phi) is 12.9. The first-order valence-electron chi connectivity index (χ1n) is 15.9. The van der Waals surface area contributed by atoms with Gasteiger partial charge < -0.3 is 39.8 Å². The van der Waals surface area contributed by atoms with Gasteiger partial charge in [-0.1, -0.05) is 64.1 Å². The maximum atomic E-state index is 13.8. The number of esters is 4. The highest BCUT2D eigenvalue weighted by atomic mass is 16.6. The summed E-state index contributed by atoms with van der Waals surface area (Å²) in [4.78, 5) is 78.8. The Hall–Kier alpha value is -4.98. The van der Waals surface area contributed by atoms with Gasteiger partial charge in [0.2, 0.25) is 18.6 Å². The Balaban J connectivity index is 2.10. The molecule has 6 atom stereocenters. The topological polar surface area (TPSA) is 204 Å². The van der Waals surface area contributed by atoms with Gasteiger partial charge in [-0.2, -0.15) is 0 Å². The highest BCUT2D eigenvalue weighted by Gasteiger charge is 2.47. The zero-order valence-corrected chi connectivity index (χ0v) is 28.5. The predicted molar refractivity (Wildman–Crippen MR) is 174 cm³/mol. The summed E-state index contributed by atoms with van der Waals surface area (Å²) in [7, 11) is 0. The molecule has 1 fully saturated rings. The number of ether oxygens (including phenoxy) is 4. The Labute approximate surface area is 284 Å². The van der Waals surface area contributed by atoms with E-state index in [0.717, 1.165) is 0 Å². The fraction of sp³-hybridized carbons (Fsp3) is 0.486. The van der Waals surface area contributed by atoms with Gasteiger partial charge in [-0.15, -0.1) is 0 Å². The van der Waals surface area contributed by atoms with E-state index in [4.69, 9.17) is 18.9 Å². The van der Waals surface area contributed by atoms with E-state index in [1.165, 1.54) is 39.0 Å². The molecule has 49 heavy (non-hydrogen) atoms. The first kappa shape index (κ1) is 38.5. The van der Waals surface area contributed by atoms with Crippen molar-refractivity contribution in [2.24, 2.45) is 17.3 Å². The van der Waals surface area contributed by atoms with Crippen LogP contribution in [0.4, 0.5) is 5.69 Å². The summed E-state index contributed by atoms with van der Waals surface area (Å²) in [5.74, 6) is -7.22. The number of benzene rings is 2. The minimum absolute atomic E-state index is 0.0316. The average molecular weight is 685 g/mol. The lowest BCUT2D eigenvalue weighted by Gasteiger charge is -2.35. The number of anilines is 1. The monoisotopic (exact) mass is 684 g/mol. The van der Waals surface area contributed by atoms with Gasteiger partial charge in [-0.25, -0.2) is 14.4 Å². The number of hydrogen-bond donors (Lipinski definition) is 4. The summed E-state index contributed by atoms with van der Waals surface area (Å²) in [6, 6.07) is 10.9. The van der Waals surface area contributed by atoms with Crippen molar-refractivity contribution in [2.75, 3.05) is 5.32 Å². The molecule has 0 bridgehead atoms. The smallest absolute Gasteiger partial charge is 0.348 e. The Morgan fingerprint density at radius 2 is 1.45 bits per heavy atom. The molecule has 266 valence electrons. The van der Waals surface area contributed by atoms with E-state index in [2.05, 4.69) is 10.6 Å². The lowest BCUT2D eigenvalue weighted by molar-refractivity contribution is -0.190. The number of nitrogens with one attached hydrogen (secondary N) is 2. The molecule has 2 aromatic rings. The highest BCUT2D eigenvalue weighted by Crippen LogP contribution is 2.31. The quantitative estimate of drug-likeness (QED) is 0.137. The Bertz CT molecular complexity index is 1520. The number of amides is 2. The van der Waals surface area contributed by atoms with Crippen LogP contribution in [0.1, 0.15) is 64.4 Å². The van der Waals surface area contributed by atoms with E-state index < -0.39 is 89.3 Å². The molecule has 1 aliphatic rings. The SMILES string of the molecule is CC(C)C1OC(=O)C(NC(=O)c2cccc(NC=O)c2O)C(C)OC(=O)C(C(C)C)OC(=O)C(C)(C)C(O)C(Cc2ccccc2)OC1=O. The van der Waals surface area contributed by atoms with Gasteiger partial charge in [-0.3, -0.25) is 14.4 Å². The number of aliphatic hydroxyl groups is 1. The van der Waals surface area contributed by atoms with Crippen molar-refractivity contribution in [3.8, 4) is 5.75 Å². The van der Waals surface area contributed by atoms with E-state index in [0.29, 0.717) is 12.0 Å². The molecule has 0 radical (unpaired) electrons. The fourth-order valence-electron chi connectivity index (χ4n) is 5.06. The average Bonchev–Trinajstić information content (AvgIpc) is 3.04. The molecule has 6 unspecified atom stereocenters. The van der Waals surface area contributed by atoms with Crippen molar-refractivity contribution in [2.45, 2.75) is 91.4 Å².